The summed E-state index contributed by atoms with van der Waals surface area (Å²) < 4.78 is 0. The first-order valence-corrected chi connectivity index (χ1v) is 6.33. The minimum absolute atomic E-state index is 0.107. The standard InChI is InChI=1S/C12H19N3S/c1-5-9(4)16-12-10(11(13)14)7(2)6-8(3)15-12/h6,9H,5H2,1-4H3,(H3,13,14). The Hall–Kier alpha value is -1.03. The maximum absolute atomic E-state index is 7.61. The van der Waals surface area contributed by atoms with E-state index in [-0.39, 0.29) is 5.84 Å². The van der Waals surface area contributed by atoms with Crippen LogP contribution in [0.4, 0.5) is 0 Å². The lowest BCUT2D eigenvalue weighted by molar-refractivity contribution is 0.897. The molecule has 1 atom stereocenters. The van der Waals surface area contributed by atoms with Crippen molar-refractivity contribution in [3.8, 4) is 0 Å². The number of aromatic nitrogens is 1. The molecule has 0 aliphatic heterocycles. The van der Waals surface area contributed by atoms with Crippen LogP contribution in [0.15, 0.2) is 11.1 Å². The summed E-state index contributed by atoms with van der Waals surface area (Å²) in [5.41, 5.74) is 8.41. The van der Waals surface area contributed by atoms with Gasteiger partial charge in [-0.05, 0) is 31.9 Å². The highest BCUT2D eigenvalue weighted by Gasteiger charge is 2.14. The zero-order valence-corrected chi connectivity index (χ0v) is 11.1. The molecule has 0 spiro atoms. The molecule has 0 saturated carbocycles. The summed E-state index contributed by atoms with van der Waals surface area (Å²) in [4.78, 5) is 4.49. The second kappa shape index (κ2) is 5.34. The van der Waals surface area contributed by atoms with Crippen LogP contribution >= 0.6 is 11.8 Å². The van der Waals surface area contributed by atoms with Crippen LogP contribution in [-0.4, -0.2) is 16.1 Å². The summed E-state index contributed by atoms with van der Waals surface area (Å²) in [5.74, 6) is 0.107. The Morgan fingerprint density at radius 3 is 2.69 bits per heavy atom. The topological polar surface area (TPSA) is 62.8 Å². The van der Waals surface area contributed by atoms with E-state index in [2.05, 4.69) is 18.8 Å². The Balaban J connectivity index is 3.19. The molecule has 3 nitrogen and oxygen atoms in total. The average molecular weight is 237 g/mol. The molecule has 0 aliphatic carbocycles. The smallest absolute Gasteiger partial charge is 0.125 e. The lowest BCUT2D eigenvalue weighted by atomic mass is 10.1. The molecule has 88 valence electrons. The number of nitrogens with zero attached hydrogens (tertiary/aromatic N) is 1. The minimum atomic E-state index is 0.107. The van der Waals surface area contributed by atoms with Crippen molar-refractivity contribution in [1.82, 2.24) is 4.98 Å². The van der Waals surface area contributed by atoms with Crippen LogP contribution in [0.3, 0.4) is 0 Å². The Morgan fingerprint density at radius 2 is 2.19 bits per heavy atom. The van der Waals surface area contributed by atoms with E-state index in [0.29, 0.717) is 5.25 Å². The minimum Gasteiger partial charge on any atom is -0.384 e. The van der Waals surface area contributed by atoms with Crippen molar-refractivity contribution in [2.75, 3.05) is 0 Å². The Morgan fingerprint density at radius 1 is 1.56 bits per heavy atom. The SMILES string of the molecule is CCC(C)Sc1nc(C)cc(C)c1C(=N)N. The van der Waals surface area contributed by atoms with E-state index in [4.69, 9.17) is 11.1 Å². The summed E-state index contributed by atoms with van der Waals surface area (Å²) in [7, 11) is 0. The summed E-state index contributed by atoms with van der Waals surface area (Å²) in [5, 5.41) is 8.99. The number of rotatable bonds is 4. The molecule has 0 aliphatic rings. The van der Waals surface area contributed by atoms with Gasteiger partial charge in [0.2, 0.25) is 0 Å². The molecule has 16 heavy (non-hydrogen) atoms. The first kappa shape index (κ1) is 13.0. The number of nitrogens with one attached hydrogen (secondary N) is 1. The van der Waals surface area contributed by atoms with E-state index in [1.807, 2.05) is 19.9 Å². The van der Waals surface area contributed by atoms with Gasteiger partial charge in [0.1, 0.15) is 10.9 Å². The molecule has 1 unspecified atom stereocenters. The van der Waals surface area contributed by atoms with Gasteiger partial charge in [-0.15, -0.1) is 11.8 Å². The molecule has 0 fully saturated rings. The summed E-state index contributed by atoms with van der Waals surface area (Å²) >= 11 is 1.69. The zero-order valence-electron chi connectivity index (χ0n) is 10.3. The summed E-state index contributed by atoms with van der Waals surface area (Å²) in [6.45, 7) is 8.26. The van der Waals surface area contributed by atoms with Gasteiger partial charge in [-0.2, -0.15) is 0 Å². The lowest BCUT2D eigenvalue weighted by Gasteiger charge is -2.14. The molecule has 0 radical (unpaired) electrons. The highest BCUT2D eigenvalue weighted by molar-refractivity contribution is 7.99. The number of aryl methyl sites for hydroxylation is 2. The van der Waals surface area contributed by atoms with Gasteiger partial charge in [0.25, 0.3) is 0 Å². The third-order valence-electron chi connectivity index (χ3n) is 2.47. The summed E-state index contributed by atoms with van der Waals surface area (Å²) in [6, 6.07) is 1.97. The van der Waals surface area contributed by atoms with Gasteiger partial charge in [-0.3, -0.25) is 5.41 Å². The van der Waals surface area contributed by atoms with Crippen LogP contribution in [0, 0.1) is 19.3 Å². The van der Waals surface area contributed by atoms with Gasteiger partial charge in [0.05, 0.1) is 5.56 Å². The van der Waals surface area contributed by atoms with Crippen LogP contribution in [0.1, 0.15) is 37.1 Å². The van der Waals surface area contributed by atoms with Crippen molar-refractivity contribution in [3.05, 3.63) is 22.9 Å². The molecule has 0 aromatic carbocycles. The fraction of sp³-hybridized carbons (Fsp3) is 0.500. The number of nitrogen functional groups attached to an aromatic ring is 1. The molecule has 0 bridgehead atoms. The molecule has 1 aromatic heterocycles. The Labute approximate surface area is 101 Å². The van der Waals surface area contributed by atoms with Crippen molar-refractivity contribution in [1.29, 1.82) is 5.41 Å². The molecule has 4 heteroatoms. The van der Waals surface area contributed by atoms with Crippen molar-refractivity contribution < 1.29 is 0 Å². The number of thioether (sulfide) groups is 1. The number of nitrogens with two attached hydrogens (primary N) is 1. The van der Waals surface area contributed by atoms with Crippen LogP contribution in [0.25, 0.3) is 0 Å². The van der Waals surface area contributed by atoms with Crippen LogP contribution in [0.5, 0.6) is 0 Å². The van der Waals surface area contributed by atoms with Crippen molar-refractivity contribution in [2.45, 2.75) is 44.4 Å². The second-order valence-electron chi connectivity index (χ2n) is 4.01. The number of pyridine rings is 1. The maximum Gasteiger partial charge on any atom is 0.125 e. The molecule has 1 heterocycles. The van der Waals surface area contributed by atoms with Crippen molar-refractivity contribution in [3.63, 3.8) is 0 Å². The van der Waals surface area contributed by atoms with E-state index in [0.717, 1.165) is 28.3 Å². The van der Waals surface area contributed by atoms with E-state index in [9.17, 15) is 0 Å². The van der Waals surface area contributed by atoms with Gasteiger partial charge >= 0.3 is 0 Å². The lowest BCUT2D eigenvalue weighted by Crippen LogP contribution is -2.16. The predicted octanol–water partition coefficient (Wildman–Crippen LogP) is 2.87. The molecule has 0 saturated heterocycles. The van der Waals surface area contributed by atoms with Crippen molar-refractivity contribution >= 4 is 17.6 Å². The molecule has 1 rings (SSSR count). The zero-order chi connectivity index (χ0) is 12.3. The third-order valence-corrected chi connectivity index (χ3v) is 3.72. The van der Waals surface area contributed by atoms with Gasteiger partial charge in [-0.1, -0.05) is 13.8 Å². The predicted molar refractivity (Wildman–Crippen MR) is 70.3 cm³/mol. The van der Waals surface area contributed by atoms with E-state index < -0.39 is 0 Å². The van der Waals surface area contributed by atoms with E-state index in [1.165, 1.54) is 0 Å². The van der Waals surface area contributed by atoms with E-state index in [1.54, 1.807) is 11.8 Å². The average Bonchev–Trinajstić information content (AvgIpc) is 2.15. The molecule has 3 N–H and O–H groups in total. The molecule has 0 amide bonds. The Kier molecular flexibility index (Phi) is 4.35. The highest BCUT2D eigenvalue weighted by Crippen LogP contribution is 2.28. The third kappa shape index (κ3) is 2.98. The second-order valence-corrected chi connectivity index (χ2v) is 5.44. The summed E-state index contributed by atoms with van der Waals surface area (Å²) in [6.07, 6.45) is 1.08. The van der Waals surface area contributed by atoms with Crippen LogP contribution in [0.2, 0.25) is 0 Å². The van der Waals surface area contributed by atoms with Crippen molar-refractivity contribution in [2.24, 2.45) is 5.73 Å². The highest BCUT2D eigenvalue weighted by atomic mass is 32.2. The molecular weight excluding hydrogens is 218 g/mol. The first-order valence-electron chi connectivity index (χ1n) is 5.45. The normalized spacial score (nSPS) is 12.5. The quantitative estimate of drug-likeness (QED) is 0.481. The van der Waals surface area contributed by atoms with Crippen LogP contribution < -0.4 is 5.73 Å². The fourth-order valence-electron chi connectivity index (χ4n) is 1.49. The largest absolute Gasteiger partial charge is 0.384 e. The number of amidine groups is 1. The number of hydrogen-bond acceptors (Lipinski definition) is 3. The van der Waals surface area contributed by atoms with Gasteiger partial charge in [-0.25, -0.2) is 4.98 Å². The van der Waals surface area contributed by atoms with Crippen LogP contribution in [-0.2, 0) is 0 Å². The molecular formula is C12H19N3S. The van der Waals surface area contributed by atoms with Gasteiger partial charge < -0.3 is 5.73 Å². The number of hydrogen-bond donors (Lipinski definition) is 2. The van der Waals surface area contributed by atoms with Gasteiger partial charge in [0, 0.05) is 10.9 Å². The van der Waals surface area contributed by atoms with Gasteiger partial charge in [0.15, 0.2) is 0 Å². The monoisotopic (exact) mass is 237 g/mol. The van der Waals surface area contributed by atoms with E-state index >= 15 is 0 Å². The Bertz CT molecular complexity index is 401. The maximum atomic E-state index is 7.61. The molecule has 1 aromatic rings. The first-order chi connectivity index (χ1) is 7.45. The fourth-order valence-corrected chi connectivity index (χ4v) is 2.62.